The van der Waals surface area contributed by atoms with Crippen molar-refractivity contribution in [3.05, 3.63) is 63.2 Å². The van der Waals surface area contributed by atoms with E-state index in [1.807, 2.05) is 18.2 Å². The number of aromatic nitrogens is 2. The Morgan fingerprint density at radius 2 is 1.92 bits per heavy atom. The van der Waals surface area contributed by atoms with Crippen LogP contribution in [0.4, 0.5) is 0 Å². The minimum Gasteiger partial charge on any atom is -0.486 e. The topological polar surface area (TPSA) is 53.4 Å². The zero-order valence-electron chi connectivity index (χ0n) is 13.9. The molecule has 2 aliphatic heterocycles. The van der Waals surface area contributed by atoms with Gasteiger partial charge in [-0.15, -0.1) is 0 Å². The molecule has 0 fully saturated rings. The summed E-state index contributed by atoms with van der Waals surface area (Å²) in [6, 6.07) is 11.1. The van der Waals surface area contributed by atoms with Crippen LogP contribution in [-0.4, -0.2) is 22.8 Å². The number of hydrogen-bond acceptors (Lipinski definition) is 4. The fraction of sp³-hybridized carbons (Fsp3) is 0.200. The van der Waals surface area contributed by atoms with E-state index in [0.29, 0.717) is 35.7 Å². The van der Waals surface area contributed by atoms with E-state index in [1.165, 1.54) is 0 Å². The normalized spacial score (nSPS) is 16.9. The zero-order chi connectivity index (χ0) is 17.7. The van der Waals surface area contributed by atoms with Gasteiger partial charge in [-0.05, 0) is 54.0 Å². The van der Waals surface area contributed by atoms with Crippen LogP contribution in [0.25, 0.3) is 22.6 Å². The van der Waals surface area contributed by atoms with Crippen LogP contribution in [0, 0.1) is 0 Å². The summed E-state index contributed by atoms with van der Waals surface area (Å²) in [6.45, 7) is 1.76. The molecule has 2 aromatic carbocycles. The second-order valence-corrected chi connectivity index (χ2v) is 6.81. The second-order valence-electron chi connectivity index (χ2n) is 6.38. The van der Waals surface area contributed by atoms with E-state index < -0.39 is 0 Å². The molecular formula is C20H15ClN2O3. The Morgan fingerprint density at radius 3 is 2.81 bits per heavy atom. The molecule has 3 heterocycles. The van der Waals surface area contributed by atoms with Crippen LogP contribution in [0.5, 0.6) is 11.5 Å². The van der Waals surface area contributed by atoms with Crippen molar-refractivity contribution in [2.45, 2.75) is 13.0 Å². The standard InChI is InChI=1S/C20H15ClN2O3/c21-14-2-3-16-15(11-14)20(24)23-6-5-13(19(23)22-16)9-12-1-4-17-18(10-12)26-8-7-25-17/h1-4,9-11H,5-8H2/b13-9-. The largest absolute Gasteiger partial charge is 0.486 e. The summed E-state index contributed by atoms with van der Waals surface area (Å²) in [5.74, 6) is 2.24. The molecule has 6 heteroatoms. The van der Waals surface area contributed by atoms with Crippen LogP contribution in [0.2, 0.25) is 5.02 Å². The van der Waals surface area contributed by atoms with Crippen LogP contribution in [0.3, 0.4) is 0 Å². The molecule has 0 atom stereocenters. The van der Waals surface area contributed by atoms with Gasteiger partial charge in [0.25, 0.3) is 5.56 Å². The third-order valence-electron chi connectivity index (χ3n) is 4.72. The van der Waals surface area contributed by atoms with Gasteiger partial charge in [0.15, 0.2) is 11.5 Å². The lowest BCUT2D eigenvalue weighted by Crippen LogP contribution is -2.20. The van der Waals surface area contributed by atoms with Gasteiger partial charge in [0, 0.05) is 11.6 Å². The highest BCUT2D eigenvalue weighted by molar-refractivity contribution is 6.31. The van der Waals surface area contributed by atoms with E-state index in [-0.39, 0.29) is 5.56 Å². The van der Waals surface area contributed by atoms with Gasteiger partial charge < -0.3 is 9.47 Å². The first kappa shape index (κ1) is 15.5. The molecule has 0 radical (unpaired) electrons. The number of halogens is 1. The van der Waals surface area contributed by atoms with Gasteiger partial charge >= 0.3 is 0 Å². The molecule has 0 spiro atoms. The molecule has 0 saturated carbocycles. The van der Waals surface area contributed by atoms with E-state index in [1.54, 1.807) is 22.8 Å². The molecule has 0 amide bonds. The Hall–Kier alpha value is -2.79. The Bertz CT molecular complexity index is 1130. The van der Waals surface area contributed by atoms with E-state index in [0.717, 1.165) is 34.9 Å². The fourth-order valence-electron chi connectivity index (χ4n) is 3.48. The molecule has 26 heavy (non-hydrogen) atoms. The number of rotatable bonds is 1. The number of hydrogen-bond donors (Lipinski definition) is 0. The SMILES string of the molecule is O=c1c2cc(Cl)ccc2nc2n1CC/C2=C/c1ccc2c(c1)OCCO2. The third-order valence-corrected chi connectivity index (χ3v) is 4.95. The summed E-state index contributed by atoms with van der Waals surface area (Å²) >= 11 is 6.03. The molecule has 130 valence electrons. The quantitative estimate of drug-likeness (QED) is 0.658. The Morgan fingerprint density at radius 1 is 1.08 bits per heavy atom. The van der Waals surface area contributed by atoms with Crippen molar-refractivity contribution >= 4 is 34.2 Å². The molecule has 0 aliphatic carbocycles. The summed E-state index contributed by atoms with van der Waals surface area (Å²) in [5, 5.41) is 1.10. The van der Waals surface area contributed by atoms with E-state index in [4.69, 9.17) is 26.1 Å². The number of allylic oxidation sites excluding steroid dienone is 1. The first-order valence-corrected chi connectivity index (χ1v) is 8.87. The summed E-state index contributed by atoms with van der Waals surface area (Å²) in [5.41, 5.74) is 2.66. The summed E-state index contributed by atoms with van der Waals surface area (Å²) in [6.07, 6.45) is 2.83. The summed E-state index contributed by atoms with van der Waals surface area (Å²) in [4.78, 5) is 17.5. The molecular weight excluding hydrogens is 352 g/mol. The van der Waals surface area contributed by atoms with Gasteiger partial charge in [0.1, 0.15) is 19.0 Å². The predicted octanol–water partition coefficient (Wildman–Crippen LogP) is 3.77. The van der Waals surface area contributed by atoms with E-state index >= 15 is 0 Å². The van der Waals surface area contributed by atoms with E-state index in [2.05, 4.69) is 6.08 Å². The average molecular weight is 367 g/mol. The maximum atomic E-state index is 12.8. The molecule has 0 bridgehead atoms. The Labute approximate surface area is 154 Å². The minimum atomic E-state index is -0.0434. The fourth-order valence-corrected chi connectivity index (χ4v) is 3.65. The predicted molar refractivity (Wildman–Crippen MR) is 101 cm³/mol. The number of benzene rings is 2. The van der Waals surface area contributed by atoms with Crippen molar-refractivity contribution in [1.29, 1.82) is 0 Å². The maximum absolute atomic E-state index is 12.8. The molecule has 1 aromatic heterocycles. The van der Waals surface area contributed by atoms with Crippen LogP contribution in [0.1, 0.15) is 17.8 Å². The van der Waals surface area contributed by atoms with Crippen molar-refractivity contribution in [2.75, 3.05) is 13.2 Å². The molecule has 5 rings (SSSR count). The molecule has 0 N–H and O–H groups in total. The number of ether oxygens (including phenoxy) is 2. The monoisotopic (exact) mass is 366 g/mol. The van der Waals surface area contributed by atoms with Crippen molar-refractivity contribution in [1.82, 2.24) is 9.55 Å². The number of fused-ring (bicyclic) bond motifs is 3. The van der Waals surface area contributed by atoms with Gasteiger partial charge in [-0.1, -0.05) is 17.7 Å². The first-order chi connectivity index (χ1) is 12.7. The van der Waals surface area contributed by atoms with Gasteiger partial charge in [-0.2, -0.15) is 0 Å². The van der Waals surface area contributed by atoms with Crippen LogP contribution >= 0.6 is 11.6 Å². The highest BCUT2D eigenvalue weighted by atomic mass is 35.5. The molecule has 2 aliphatic rings. The Kier molecular flexibility index (Phi) is 3.50. The number of nitrogens with zero attached hydrogens (tertiary/aromatic N) is 2. The minimum absolute atomic E-state index is 0.0434. The van der Waals surface area contributed by atoms with Gasteiger partial charge in [0.05, 0.1) is 10.9 Å². The van der Waals surface area contributed by atoms with Crippen LogP contribution in [0.15, 0.2) is 41.2 Å². The van der Waals surface area contributed by atoms with Crippen molar-refractivity contribution in [2.24, 2.45) is 0 Å². The third kappa shape index (κ3) is 2.47. The summed E-state index contributed by atoms with van der Waals surface area (Å²) < 4.78 is 12.9. The van der Waals surface area contributed by atoms with Crippen LogP contribution < -0.4 is 15.0 Å². The molecule has 0 saturated heterocycles. The summed E-state index contributed by atoms with van der Waals surface area (Å²) in [7, 11) is 0. The maximum Gasteiger partial charge on any atom is 0.261 e. The molecule has 3 aromatic rings. The van der Waals surface area contributed by atoms with Crippen molar-refractivity contribution < 1.29 is 9.47 Å². The van der Waals surface area contributed by atoms with Gasteiger partial charge in [-0.25, -0.2) is 4.98 Å². The molecule has 5 nitrogen and oxygen atoms in total. The van der Waals surface area contributed by atoms with E-state index in [9.17, 15) is 4.79 Å². The second kappa shape index (κ2) is 5.88. The first-order valence-electron chi connectivity index (χ1n) is 8.50. The lowest BCUT2D eigenvalue weighted by Gasteiger charge is -2.18. The lowest BCUT2D eigenvalue weighted by molar-refractivity contribution is 0.171. The average Bonchev–Trinajstić information content (AvgIpc) is 3.05. The van der Waals surface area contributed by atoms with Gasteiger partial charge in [-0.3, -0.25) is 9.36 Å². The highest BCUT2D eigenvalue weighted by Crippen LogP contribution is 2.33. The van der Waals surface area contributed by atoms with Crippen molar-refractivity contribution in [3.8, 4) is 11.5 Å². The lowest BCUT2D eigenvalue weighted by atomic mass is 10.1. The zero-order valence-corrected chi connectivity index (χ0v) is 14.6. The van der Waals surface area contributed by atoms with Crippen molar-refractivity contribution in [3.63, 3.8) is 0 Å². The highest BCUT2D eigenvalue weighted by Gasteiger charge is 2.21. The Balaban J connectivity index is 1.61. The smallest absolute Gasteiger partial charge is 0.261 e. The van der Waals surface area contributed by atoms with Crippen LogP contribution in [-0.2, 0) is 6.54 Å². The molecule has 0 unspecified atom stereocenters. The van der Waals surface area contributed by atoms with Gasteiger partial charge in [0.2, 0.25) is 0 Å².